The van der Waals surface area contributed by atoms with Crippen LogP contribution in [-0.2, 0) is 4.79 Å². The first-order valence-electron chi connectivity index (χ1n) is 8.31. The lowest BCUT2D eigenvalue weighted by Crippen LogP contribution is -2.33. The Morgan fingerprint density at radius 3 is 2.32 bits per heavy atom. The number of hydrogen-bond donors (Lipinski definition) is 1. The Bertz CT molecular complexity index is 752. The third kappa shape index (κ3) is 4.83. The van der Waals surface area contributed by atoms with Crippen molar-refractivity contribution in [2.75, 3.05) is 6.61 Å². The number of Topliss-reactive ketones (excluding diaryl/α,β-unsaturated/α-hetero) is 1. The molecule has 25 heavy (non-hydrogen) atoms. The second kappa shape index (κ2) is 7.70. The molecule has 1 aliphatic rings. The number of carbonyl (C=O) groups excluding carboxylic acids is 2. The highest BCUT2D eigenvalue weighted by atomic mass is 35.5. The van der Waals surface area contributed by atoms with Crippen LogP contribution in [0.4, 0.5) is 0 Å². The Balaban J connectivity index is 1.57. The van der Waals surface area contributed by atoms with Crippen LogP contribution in [0.1, 0.15) is 41.7 Å². The highest BCUT2D eigenvalue weighted by Gasteiger charge is 2.33. The number of carbonyl (C=O) groups is 2. The Hall–Kier alpha value is -2.33. The van der Waals surface area contributed by atoms with Crippen LogP contribution in [0.15, 0.2) is 48.5 Å². The molecule has 0 unspecified atom stereocenters. The van der Waals surface area contributed by atoms with Gasteiger partial charge in [-0.3, -0.25) is 9.59 Å². The monoisotopic (exact) mass is 357 g/mol. The first kappa shape index (κ1) is 17.5. The molecule has 3 rings (SSSR count). The normalized spacial score (nSPS) is 14.6. The van der Waals surface area contributed by atoms with E-state index in [9.17, 15) is 9.59 Å². The van der Waals surface area contributed by atoms with E-state index in [1.54, 1.807) is 24.3 Å². The van der Waals surface area contributed by atoms with Crippen LogP contribution in [0.3, 0.4) is 0 Å². The molecule has 130 valence electrons. The minimum atomic E-state index is -0.164. The summed E-state index contributed by atoms with van der Waals surface area (Å²) in [7, 11) is 0. The Kier molecular flexibility index (Phi) is 5.39. The van der Waals surface area contributed by atoms with Gasteiger partial charge in [-0.2, -0.15) is 0 Å². The fourth-order valence-electron chi connectivity index (χ4n) is 2.72. The molecule has 1 saturated carbocycles. The molecule has 1 aliphatic carbocycles. The first-order valence-corrected chi connectivity index (χ1v) is 8.69. The zero-order valence-electron chi connectivity index (χ0n) is 14.0. The van der Waals surface area contributed by atoms with Crippen LogP contribution < -0.4 is 10.1 Å². The van der Waals surface area contributed by atoms with Crippen molar-refractivity contribution < 1.29 is 14.3 Å². The van der Waals surface area contributed by atoms with Gasteiger partial charge < -0.3 is 10.1 Å². The van der Waals surface area contributed by atoms with E-state index in [0.29, 0.717) is 22.3 Å². The van der Waals surface area contributed by atoms with Crippen molar-refractivity contribution in [1.82, 2.24) is 5.32 Å². The van der Waals surface area contributed by atoms with Crippen molar-refractivity contribution in [2.45, 2.75) is 25.8 Å². The van der Waals surface area contributed by atoms with Crippen molar-refractivity contribution in [1.29, 1.82) is 0 Å². The quantitative estimate of drug-likeness (QED) is 0.756. The minimum Gasteiger partial charge on any atom is -0.484 e. The number of amides is 1. The molecule has 0 spiro atoms. The van der Waals surface area contributed by atoms with Gasteiger partial charge in [0.25, 0.3) is 5.91 Å². The van der Waals surface area contributed by atoms with E-state index < -0.39 is 0 Å². The lowest BCUT2D eigenvalue weighted by atomic mass is 10.0. The maximum Gasteiger partial charge on any atom is 0.258 e. The molecule has 0 aromatic heterocycles. The maximum absolute atomic E-state index is 12.3. The SMILES string of the molecule is CC(=O)c1ccc(OCC(=O)N[C@H](c2ccc(Cl)cc2)C2CC2)cc1. The fraction of sp³-hybridized carbons (Fsp3) is 0.300. The molecule has 1 amide bonds. The van der Waals surface area contributed by atoms with Gasteiger partial charge in [-0.05, 0) is 67.6 Å². The molecule has 1 fully saturated rings. The topological polar surface area (TPSA) is 55.4 Å². The number of ketones is 1. The predicted octanol–water partition coefficient (Wildman–Crippen LogP) is 4.19. The van der Waals surface area contributed by atoms with E-state index in [1.807, 2.05) is 24.3 Å². The lowest BCUT2D eigenvalue weighted by molar-refractivity contribution is -0.124. The maximum atomic E-state index is 12.3. The van der Waals surface area contributed by atoms with Crippen LogP contribution in [0.5, 0.6) is 5.75 Å². The van der Waals surface area contributed by atoms with E-state index in [1.165, 1.54) is 6.92 Å². The molecule has 1 N–H and O–H groups in total. The second-order valence-corrected chi connectivity index (χ2v) is 6.74. The standard InChI is InChI=1S/C20H20ClNO3/c1-13(23)14-6-10-18(11-7-14)25-12-19(24)22-20(15-2-3-15)16-4-8-17(21)9-5-16/h4-11,15,20H,2-3,12H2,1H3,(H,22,24)/t20-/m0/s1. The summed E-state index contributed by atoms with van der Waals surface area (Å²) < 4.78 is 5.51. The van der Waals surface area contributed by atoms with E-state index in [-0.39, 0.29) is 24.3 Å². The average Bonchev–Trinajstić information content (AvgIpc) is 3.44. The highest BCUT2D eigenvalue weighted by molar-refractivity contribution is 6.30. The first-order chi connectivity index (χ1) is 12.0. The summed E-state index contributed by atoms with van der Waals surface area (Å²) in [6.07, 6.45) is 2.22. The van der Waals surface area contributed by atoms with Crippen LogP contribution in [0.2, 0.25) is 5.02 Å². The van der Waals surface area contributed by atoms with Crippen LogP contribution >= 0.6 is 11.6 Å². The summed E-state index contributed by atoms with van der Waals surface area (Å²) in [6.45, 7) is 1.45. The molecule has 2 aromatic carbocycles. The van der Waals surface area contributed by atoms with E-state index in [0.717, 1.165) is 18.4 Å². The summed E-state index contributed by atoms with van der Waals surface area (Å²) in [4.78, 5) is 23.5. The van der Waals surface area contributed by atoms with Gasteiger partial charge in [-0.15, -0.1) is 0 Å². The van der Waals surface area contributed by atoms with Crippen molar-refractivity contribution in [3.8, 4) is 5.75 Å². The third-order valence-electron chi connectivity index (χ3n) is 4.27. The summed E-state index contributed by atoms with van der Waals surface area (Å²) in [5.74, 6) is 0.872. The number of nitrogens with one attached hydrogen (secondary N) is 1. The summed E-state index contributed by atoms with van der Waals surface area (Å²) >= 11 is 5.94. The summed E-state index contributed by atoms with van der Waals surface area (Å²) in [5.41, 5.74) is 1.68. The van der Waals surface area contributed by atoms with Gasteiger partial charge in [0, 0.05) is 10.6 Å². The molecule has 0 bridgehead atoms. The smallest absolute Gasteiger partial charge is 0.258 e. The van der Waals surface area contributed by atoms with Crippen molar-refractivity contribution >= 4 is 23.3 Å². The van der Waals surface area contributed by atoms with Crippen LogP contribution in [0, 0.1) is 5.92 Å². The molecule has 0 heterocycles. The van der Waals surface area contributed by atoms with Crippen LogP contribution in [0.25, 0.3) is 0 Å². The molecule has 0 aliphatic heterocycles. The minimum absolute atomic E-state index is 0.000433. The van der Waals surface area contributed by atoms with E-state index in [2.05, 4.69) is 5.32 Å². The van der Waals surface area contributed by atoms with Gasteiger partial charge >= 0.3 is 0 Å². The van der Waals surface area contributed by atoms with Gasteiger partial charge in [0.15, 0.2) is 12.4 Å². The van der Waals surface area contributed by atoms with Crippen molar-refractivity contribution in [3.05, 3.63) is 64.7 Å². The van der Waals surface area contributed by atoms with Gasteiger partial charge in [-0.1, -0.05) is 23.7 Å². The number of benzene rings is 2. The van der Waals surface area contributed by atoms with Crippen molar-refractivity contribution in [3.63, 3.8) is 0 Å². The molecular formula is C20H20ClNO3. The fourth-order valence-corrected chi connectivity index (χ4v) is 2.85. The van der Waals surface area contributed by atoms with Gasteiger partial charge in [0.05, 0.1) is 6.04 Å². The van der Waals surface area contributed by atoms with E-state index >= 15 is 0 Å². The van der Waals surface area contributed by atoms with Crippen LogP contribution in [-0.4, -0.2) is 18.3 Å². The highest BCUT2D eigenvalue weighted by Crippen LogP contribution is 2.41. The molecular weight excluding hydrogens is 338 g/mol. The zero-order valence-corrected chi connectivity index (χ0v) is 14.8. The Morgan fingerprint density at radius 1 is 1.12 bits per heavy atom. The third-order valence-corrected chi connectivity index (χ3v) is 4.52. The Morgan fingerprint density at radius 2 is 1.76 bits per heavy atom. The molecule has 2 aromatic rings. The number of halogens is 1. The zero-order chi connectivity index (χ0) is 17.8. The molecule has 1 atom stereocenters. The summed E-state index contributed by atoms with van der Waals surface area (Å²) in [6, 6.07) is 14.3. The number of ether oxygens (including phenoxy) is 1. The molecule has 5 heteroatoms. The number of rotatable bonds is 7. The molecule has 4 nitrogen and oxygen atoms in total. The van der Waals surface area contributed by atoms with E-state index in [4.69, 9.17) is 16.3 Å². The van der Waals surface area contributed by atoms with Gasteiger partial charge in [-0.25, -0.2) is 0 Å². The largest absolute Gasteiger partial charge is 0.484 e. The Labute approximate surface area is 152 Å². The van der Waals surface area contributed by atoms with Gasteiger partial charge in [0.1, 0.15) is 5.75 Å². The molecule has 0 radical (unpaired) electrons. The lowest BCUT2D eigenvalue weighted by Gasteiger charge is -2.19. The predicted molar refractivity (Wildman–Crippen MR) is 97.0 cm³/mol. The number of hydrogen-bond acceptors (Lipinski definition) is 3. The van der Waals surface area contributed by atoms with Gasteiger partial charge in [0.2, 0.25) is 0 Å². The summed E-state index contributed by atoms with van der Waals surface area (Å²) in [5, 5.41) is 3.74. The average molecular weight is 358 g/mol. The van der Waals surface area contributed by atoms with Crippen molar-refractivity contribution in [2.24, 2.45) is 5.92 Å². The second-order valence-electron chi connectivity index (χ2n) is 6.30. The molecule has 0 saturated heterocycles.